The molecule has 1 aliphatic heterocycles. The molecular formula is C15H15F2N3OS. The summed E-state index contributed by atoms with van der Waals surface area (Å²) in [6.07, 6.45) is 3.78. The van der Waals surface area contributed by atoms with Crippen LogP contribution in [0.1, 0.15) is 34.0 Å². The molecule has 0 atom stereocenters. The lowest BCUT2D eigenvalue weighted by Gasteiger charge is -2.20. The minimum atomic E-state index is -0.882. The fourth-order valence-electron chi connectivity index (χ4n) is 2.51. The molecule has 1 fully saturated rings. The summed E-state index contributed by atoms with van der Waals surface area (Å²) >= 11 is 1.36. The number of carbonyl (C=O) groups excluding carboxylic acids is 1. The highest BCUT2D eigenvalue weighted by atomic mass is 32.1. The number of hydrogen-bond donors (Lipinski definition) is 2. The highest BCUT2D eigenvalue weighted by Gasteiger charge is 2.21. The molecular weight excluding hydrogens is 308 g/mol. The highest BCUT2D eigenvalue weighted by Crippen LogP contribution is 2.31. The van der Waals surface area contributed by atoms with E-state index < -0.39 is 23.1 Å². The average Bonchev–Trinajstić information content (AvgIpc) is 2.96. The molecule has 1 aromatic carbocycles. The molecule has 1 aliphatic rings. The summed E-state index contributed by atoms with van der Waals surface area (Å²) in [5.74, 6) is -2.16. The molecule has 0 radical (unpaired) electrons. The van der Waals surface area contributed by atoms with Crippen molar-refractivity contribution in [3.8, 4) is 0 Å². The van der Waals surface area contributed by atoms with E-state index in [-0.39, 0.29) is 0 Å². The molecule has 7 heteroatoms. The first-order chi connectivity index (χ1) is 10.6. The van der Waals surface area contributed by atoms with Crippen molar-refractivity contribution in [2.24, 2.45) is 0 Å². The smallest absolute Gasteiger partial charge is 0.263 e. The normalized spacial score (nSPS) is 15.7. The van der Waals surface area contributed by atoms with Crippen molar-refractivity contribution in [3.63, 3.8) is 0 Å². The zero-order valence-electron chi connectivity index (χ0n) is 11.7. The Bertz CT molecular complexity index is 663. The summed E-state index contributed by atoms with van der Waals surface area (Å²) in [5, 5.41) is 6.12. The summed E-state index contributed by atoms with van der Waals surface area (Å²) in [6, 6.07) is 3.33. The Kier molecular flexibility index (Phi) is 4.44. The third kappa shape index (κ3) is 3.15. The molecule has 22 heavy (non-hydrogen) atoms. The van der Waals surface area contributed by atoms with Crippen molar-refractivity contribution < 1.29 is 13.6 Å². The summed E-state index contributed by atoms with van der Waals surface area (Å²) in [7, 11) is 0. The summed E-state index contributed by atoms with van der Waals surface area (Å²) in [4.78, 5) is 17.2. The van der Waals surface area contributed by atoms with Crippen LogP contribution in [0, 0.1) is 11.6 Å². The zero-order chi connectivity index (χ0) is 15.5. The van der Waals surface area contributed by atoms with Crippen LogP contribution in [0.5, 0.6) is 0 Å². The second-order valence-corrected chi connectivity index (χ2v) is 6.21. The van der Waals surface area contributed by atoms with E-state index in [1.165, 1.54) is 17.4 Å². The fourth-order valence-corrected chi connectivity index (χ4v) is 3.49. The van der Waals surface area contributed by atoms with Crippen molar-refractivity contribution in [3.05, 3.63) is 46.5 Å². The van der Waals surface area contributed by atoms with Crippen LogP contribution in [0.3, 0.4) is 0 Å². The number of benzene rings is 1. The Morgan fingerprint density at radius 2 is 1.95 bits per heavy atom. The number of amides is 1. The number of nitrogens with one attached hydrogen (secondary N) is 2. The Morgan fingerprint density at radius 3 is 2.64 bits per heavy atom. The lowest BCUT2D eigenvalue weighted by atomic mass is 9.97. The van der Waals surface area contributed by atoms with Gasteiger partial charge in [0.05, 0.1) is 0 Å². The van der Waals surface area contributed by atoms with Crippen LogP contribution in [0.15, 0.2) is 24.4 Å². The maximum atomic E-state index is 13.6. The molecule has 0 spiro atoms. The first-order valence-corrected chi connectivity index (χ1v) is 7.88. The van der Waals surface area contributed by atoms with Crippen LogP contribution in [0.2, 0.25) is 0 Å². The highest BCUT2D eigenvalue weighted by molar-refractivity contribution is 7.15. The minimum absolute atomic E-state index is 0.362. The van der Waals surface area contributed by atoms with Gasteiger partial charge in [-0.05, 0) is 44.0 Å². The van der Waals surface area contributed by atoms with E-state index >= 15 is 0 Å². The number of thiazole rings is 1. The van der Waals surface area contributed by atoms with Gasteiger partial charge in [0, 0.05) is 11.1 Å². The molecule has 2 aromatic rings. The number of hydrogen-bond acceptors (Lipinski definition) is 4. The van der Waals surface area contributed by atoms with Gasteiger partial charge in [0.25, 0.3) is 5.91 Å². The van der Waals surface area contributed by atoms with Crippen LogP contribution in [0.25, 0.3) is 0 Å². The van der Waals surface area contributed by atoms with Crippen molar-refractivity contribution in [2.45, 2.75) is 18.8 Å². The number of piperidine rings is 1. The second-order valence-electron chi connectivity index (χ2n) is 5.14. The van der Waals surface area contributed by atoms with Gasteiger partial charge in [-0.15, -0.1) is 11.3 Å². The van der Waals surface area contributed by atoms with Gasteiger partial charge in [0.15, 0.2) is 5.13 Å². The fraction of sp³-hybridized carbons (Fsp3) is 0.333. The van der Waals surface area contributed by atoms with E-state index in [4.69, 9.17) is 0 Å². The third-order valence-electron chi connectivity index (χ3n) is 3.68. The van der Waals surface area contributed by atoms with Crippen LogP contribution in [0.4, 0.5) is 13.9 Å². The topological polar surface area (TPSA) is 54.0 Å². The molecule has 0 unspecified atom stereocenters. The second kappa shape index (κ2) is 6.50. The molecule has 1 aromatic heterocycles. The number of halogens is 2. The van der Waals surface area contributed by atoms with Crippen molar-refractivity contribution in [2.75, 3.05) is 18.4 Å². The molecule has 0 bridgehead atoms. The Morgan fingerprint density at radius 1 is 1.27 bits per heavy atom. The van der Waals surface area contributed by atoms with E-state index in [1.54, 1.807) is 6.20 Å². The van der Waals surface area contributed by atoms with Gasteiger partial charge in [0.1, 0.15) is 17.2 Å². The molecule has 3 rings (SSSR count). The van der Waals surface area contributed by atoms with Gasteiger partial charge in [0.2, 0.25) is 0 Å². The number of carbonyl (C=O) groups is 1. The largest absolute Gasteiger partial charge is 0.317 e. The van der Waals surface area contributed by atoms with Crippen molar-refractivity contribution >= 4 is 22.4 Å². The van der Waals surface area contributed by atoms with Gasteiger partial charge in [-0.1, -0.05) is 6.07 Å². The quantitative estimate of drug-likeness (QED) is 0.912. The van der Waals surface area contributed by atoms with Gasteiger partial charge in [-0.2, -0.15) is 0 Å². The minimum Gasteiger partial charge on any atom is -0.317 e. The van der Waals surface area contributed by atoms with E-state index in [2.05, 4.69) is 15.6 Å². The van der Waals surface area contributed by atoms with E-state index in [9.17, 15) is 13.6 Å². The Labute approximate surface area is 130 Å². The number of nitrogens with zero attached hydrogens (tertiary/aromatic N) is 1. The molecule has 1 saturated heterocycles. The summed E-state index contributed by atoms with van der Waals surface area (Å²) in [6.45, 7) is 1.93. The standard InChI is InChI=1S/C15H15F2N3OS/c16-10-2-1-3-11(17)13(10)14(21)20-15-19-8-12(22-15)9-4-6-18-7-5-9/h1-3,8-9,18H,4-7H2,(H,19,20,21). The monoisotopic (exact) mass is 323 g/mol. The lowest BCUT2D eigenvalue weighted by Crippen LogP contribution is -2.26. The molecule has 116 valence electrons. The van der Waals surface area contributed by atoms with Gasteiger partial charge in [-0.3, -0.25) is 10.1 Å². The predicted molar refractivity (Wildman–Crippen MR) is 81.3 cm³/mol. The maximum absolute atomic E-state index is 13.6. The molecule has 0 aliphatic carbocycles. The van der Waals surface area contributed by atoms with E-state index in [1.807, 2.05) is 0 Å². The number of rotatable bonds is 3. The maximum Gasteiger partial charge on any atom is 0.263 e. The molecule has 2 N–H and O–H groups in total. The van der Waals surface area contributed by atoms with Crippen molar-refractivity contribution in [1.29, 1.82) is 0 Å². The first-order valence-electron chi connectivity index (χ1n) is 7.07. The van der Waals surface area contributed by atoms with Gasteiger partial charge < -0.3 is 5.32 Å². The Hall–Kier alpha value is -1.86. The Balaban J connectivity index is 1.73. The SMILES string of the molecule is O=C(Nc1ncc(C2CCNCC2)s1)c1c(F)cccc1F. The predicted octanol–water partition coefficient (Wildman–Crippen LogP) is 3.14. The molecule has 1 amide bonds. The van der Waals surface area contributed by atoms with E-state index in [0.29, 0.717) is 11.0 Å². The number of anilines is 1. The van der Waals surface area contributed by atoms with E-state index in [0.717, 1.165) is 42.9 Å². The van der Waals surface area contributed by atoms with Crippen LogP contribution < -0.4 is 10.6 Å². The third-order valence-corrected chi connectivity index (χ3v) is 4.75. The van der Waals surface area contributed by atoms with Crippen molar-refractivity contribution in [1.82, 2.24) is 10.3 Å². The molecule has 2 heterocycles. The molecule has 0 saturated carbocycles. The lowest BCUT2D eigenvalue weighted by molar-refractivity contribution is 0.101. The average molecular weight is 323 g/mol. The van der Waals surface area contributed by atoms with Crippen LogP contribution >= 0.6 is 11.3 Å². The molecule has 4 nitrogen and oxygen atoms in total. The summed E-state index contributed by atoms with van der Waals surface area (Å²) in [5.41, 5.74) is -0.582. The summed E-state index contributed by atoms with van der Waals surface area (Å²) < 4.78 is 27.1. The van der Waals surface area contributed by atoms with Crippen LogP contribution in [-0.4, -0.2) is 24.0 Å². The van der Waals surface area contributed by atoms with Crippen LogP contribution in [-0.2, 0) is 0 Å². The van der Waals surface area contributed by atoms with Gasteiger partial charge >= 0.3 is 0 Å². The van der Waals surface area contributed by atoms with Gasteiger partial charge in [-0.25, -0.2) is 13.8 Å². The zero-order valence-corrected chi connectivity index (χ0v) is 12.6. The number of aromatic nitrogens is 1. The first kappa shape index (κ1) is 15.1.